The van der Waals surface area contributed by atoms with Crippen molar-refractivity contribution in [1.29, 1.82) is 0 Å². The number of nitrogens with zero attached hydrogens (tertiary/aromatic N) is 2. The fraction of sp³-hybridized carbons (Fsp3) is 0.579. The molecule has 2 aromatic rings. The van der Waals surface area contributed by atoms with E-state index in [2.05, 4.69) is 23.1 Å². The Kier molecular flexibility index (Phi) is 4.81. The number of likely N-dealkylation sites (tertiary alicyclic amines) is 2. The molecule has 128 valence electrons. The minimum Gasteiger partial charge on any atom is -0.337 e. The van der Waals surface area contributed by atoms with Crippen molar-refractivity contribution in [2.45, 2.75) is 38.0 Å². The molecule has 2 fully saturated rings. The van der Waals surface area contributed by atoms with Gasteiger partial charge >= 0.3 is 0 Å². The largest absolute Gasteiger partial charge is 0.337 e. The van der Waals surface area contributed by atoms with Crippen molar-refractivity contribution >= 4 is 27.5 Å². The number of para-hydroxylation sites is 1. The number of piperidine rings is 2. The molecule has 2 aliphatic heterocycles. The zero-order chi connectivity index (χ0) is 16.4. The van der Waals surface area contributed by atoms with E-state index in [-0.39, 0.29) is 0 Å². The van der Waals surface area contributed by atoms with Crippen LogP contribution in [0.1, 0.15) is 43.0 Å². The molecule has 0 saturated carbocycles. The van der Waals surface area contributed by atoms with Crippen LogP contribution in [0.2, 0.25) is 0 Å². The minimum absolute atomic E-state index is 0.345. The van der Waals surface area contributed by atoms with Crippen LogP contribution < -0.4 is 4.90 Å². The predicted octanol–water partition coefficient (Wildman–Crippen LogP) is 2.07. The Balaban J connectivity index is 1.42. The topological polar surface area (TPSA) is 37.6 Å². The lowest BCUT2D eigenvalue weighted by molar-refractivity contribution is -0.897. The molecule has 1 N–H and O–H groups in total. The number of carbonyl (C=O) groups is 1. The fourth-order valence-electron chi connectivity index (χ4n) is 4.02. The first-order valence-corrected chi connectivity index (χ1v) is 10.1. The third-order valence-corrected chi connectivity index (χ3v) is 6.59. The number of amides is 1. The van der Waals surface area contributed by atoms with E-state index in [9.17, 15) is 4.79 Å². The Hall–Kier alpha value is -1.46. The highest BCUT2D eigenvalue weighted by Crippen LogP contribution is 2.32. The zero-order valence-electron chi connectivity index (χ0n) is 14.2. The molecule has 1 atom stereocenters. The van der Waals surface area contributed by atoms with Gasteiger partial charge in [0.05, 0.1) is 28.3 Å². The monoisotopic (exact) mass is 344 g/mol. The number of hydrogen-bond donors (Lipinski definition) is 1. The van der Waals surface area contributed by atoms with Crippen LogP contribution in [0, 0.1) is 0 Å². The number of rotatable bonds is 3. The summed E-state index contributed by atoms with van der Waals surface area (Å²) in [5.41, 5.74) is 1.10. The third-order valence-electron chi connectivity index (χ3n) is 5.40. The standard InChI is InChI=1S/C19H25N3OS/c23-18(14-21-10-4-1-5-11-21)22-12-6-7-15(13-22)19-20-16-8-2-3-9-17(16)24-19/h2-3,8-9,15H,1,4-7,10-14H2/p+1/t15-/m0/s1. The van der Waals surface area contributed by atoms with Crippen LogP contribution in [0.15, 0.2) is 24.3 Å². The van der Waals surface area contributed by atoms with Gasteiger partial charge in [-0.3, -0.25) is 4.79 Å². The van der Waals surface area contributed by atoms with Crippen LogP contribution in [0.4, 0.5) is 0 Å². The van der Waals surface area contributed by atoms with E-state index in [1.54, 1.807) is 11.3 Å². The van der Waals surface area contributed by atoms with Gasteiger partial charge in [0.1, 0.15) is 0 Å². The number of carbonyl (C=O) groups excluding carboxylic acids is 1. The number of quaternary nitrogens is 1. The molecule has 2 saturated heterocycles. The van der Waals surface area contributed by atoms with E-state index >= 15 is 0 Å². The number of nitrogens with one attached hydrogen (secondary N) is 1. The predicted molar refractivity (Wildman–Crippen MR) is 97.6 cm³/mol. The van der Waals surface area contributed by atoms with Crippen molar-refractivity contribution in [3.63, 3.8) is 0 Å². The summed E-state index contributed by atoms with van der Waals surface area (Å²) in [6.45, 7) is 4.80. The molecule has 2 aliphatic rings. The van der Waals surface area contributed by atoms with Gasteiger partial charge in [0.25, 0.3) is 5.91 Å². The van der Waals surface area contributed by atoms with Crippen molar-refractivity contribution < 1.29 is 9.69 Å². The quantitative estimate of drug-likeness (QED) is 0.926. The molecule has 0 unspecified atom stereocenters. The Bertz CT molecular complexity index is 674. The van der Waals surface area contributed by atoms with E-state index in [1.165, 1.54) is 47.0 Å². The van der Waals surface area contributed by atoms with E-state index < -0.39 is 0 Å². The number of benzene rings is 1. The number of aromatic nitrogens is 1. The molecule has 0 bridgehead atoms. The molecule has 0 radical (unpaired) electrons. The highest BCUT2D eigenvalue weighted by atomic mass is 32.1. The minimum atomic E-state index is 0.345. The van der Waals surface area contributed by atoms with Crippen LogP contribution in [-0.2, 0) is 4.79 Å². The van der Waals surface area contributed by atoms with Gasteiger partial charge < -0.3 is 9.80 Å². The van der Waals surface area contributed by atoms with E-state index in [0.29, 0.717) is 18.4 Å². The molecular formula is C19H26N3OS+. The number of thiazole rings is 1. The van der Waals surface area contributed by atoms with Gasteiger partial charge in [-0.15, -0.1) is 11.3 Å². The average molecular weight is 345 g/mol. The highest BCUT2D eigenvalue weighted by Gasteiger charge is 2.29. The fourth-order valence-corrected chi connectivity index (χ4v) is 5.12. The van der Waals surface area contributed by atoms with Gasteiger partial charge in [-0.25, -0.2) is 4.98 Å². The van der Waals surface area contributed by atoms with Crippen molar-refractivity contribution in [3.05, 3.63) is 29.3 Å². The molecular weight excluding hydrogens is 318 g/mol. The summed E-state index contributed by atoms with van der Waals surface area (Å²) in [5, 5.41) is 1.21. The molecule has 1 aromatic carbocycles. The van der Waals surface area contributed by atoms with Gasteiger partial charge in [0.15, 0.2) is 6.54 Å². The summed E-state index contributed by atoms with van der Waals surface area (Å²) in [5.74, 6) is 0.758. The first kappa shape index (κ1) is 16.0. The second-order valence-electron chi connectivity index (χ2n) is 7.19. The first-order chi connectivity index (χ1) is 11.8. The average Bonchev–Trinajstić information content (AvgIpc) is 3.07. The Morgan fingerprint density at radius 2 is 2.04 bits per heavy atom. The normalized spacial score (nSPS) is 22.8. The number of fused-ring (bicyclic) bond motifs is 1. The Morgan fingerprint density at radius 3 is 2.88 bits per heavy atom. The summed E-state index contributed by atoms with van der Waals surface area (Å²) < 4.78 is 1.26. The maximum Gasteiger partial charge on any atom is 0.277 e. The van der Waals surface area contributed by atoms with Crippen LogP contribution in [0.3, 0.4) is 0 Å². The summed E-state index contributed by atoms with van der Waals surface area (Å²) in [6.07, 6.45) is 6.14. The molecule has 4 nitrogen and oxygen atoms in total. The third kappa shape index (κ3) is 3.47. The van der Waals surface area contributed by atoms with Gasteiger partial charge in [0, 0.05) is 19.0 Å². The second-order valence-corrected chi connectivity index (χ2v) is 8.25. The van der Waals surface area contributed by atoms with Crippen LogP contribution in [0.25, 0.3) is 10.2 Å². The SMILES string of the molecule is O=C(C[NH+]1CCCCC1)N1CCC[C@H](c2nc3ccccc3s2)C1. The van der Waals surface area contributed by atoms with Gasteiger partial charge in [-0.05, 0) is 44.2 Å². The first-order valence-electron chi connectivity index (χ1n) is 9.26. The number of hydrogen-bond acceptors (Lipinski definition) is 3. The molecule has 3 heterocycles. The maximum absolute atomic E-state index is 12.7. The summed E-state index contributed by atoms with van der Waals surface area (Å²) in [7, 11) is 0. The van der Waals surface area contributed by atoms with Gasteiger partial charge in [0.2, 0.25) is 0 Å². The maximum atomic E-state index is 12.7. The Labute approximate surface area is 147 Å². The lowest BCUT2D eigenvalue weighted by Crippen LogP contribution is -3.13. The van der Waals surface area contributed by atoms with E-state index in [1.807, 2.05) is 6.07 Å². The summed E-state index contributed by atoms with van der Waals surface area (Å²) in [6, 6.07) is 8.34. The van der Waals surface area contributed by atoms with Crippen LogP contribution in [0.5, 0.6) is 0 Å². The van der Waals surface area contributed by atoms with Gasteiger partial charge in [-0.1, -0.05) is 12.1 Å². The van der Waals surface area contributed by atoms with Crippen molar-refractivity contribution in [2.75, 3.05) is 32.7 Å². The molecule has 0 spiro atoms. The lowest BCUT2D eigenvalue weighted by Gasteiger charge is -2.33. The molecule has 4 rings (SSSR count). The van der Waals surface area contributed by atoms with Crippen LogP contribution >= 0.6 is 11.3 Å². The second kappa shape index (κ2) is 7.19. The molecule has 5 heteroatoms. The van der Waals surface area contributed by atoms with Gasteiger partial charge in [-0.2, -0.15) is 0 Å². The highest BCUT2D eigenvalue weighted by molar-refractivity contribution is 7.18. The van der Waals surface area contributed by atoms with Crippen molar-refractivity contribution in [3.8, 4) is 0 Å². The molecule has 0 aliphatic carbocycles. The lowest BCUT2D eigenvalue weighted by atomic mass is 9.98. The molecule has 24 heavy (non-hydrogen) atoms. The van der Waals surface area contributed by atoms with Crippen molar-refractivity contribution in [1.82, 2.24) is 9.88 Å². The Morgan fingerprint density at radius 1 is 1.21 bits per heavy atom. The van der Waals surface area contributed by atoms with E-state index in [4.69, 9.17) is 4.98 Å². The smallest absolute Gasteiger partial charge is 0.277 e. The molecule has 1 amide bonds. The summed E-state index contributed by atoms with van der Waals surface area (Å²) in [4.78, 5) is 21.1. The zero-order valence-corrected chi connectivity index (χ0v) is 15.0. The van der Waals surface area contributed by atoms with E-state index in [0.717, 1.165) is 31.4 Å². The van der Waals surface area contributed by atoms with Crippen molar-refractivity contribution in [2.24, 2.45) is 0 Å². The van der Waals surface area contributed by atoms with Crippen LogP contribution in [-0.4, -0.2) is 48.5 Å². The molecule has 1 aromatic heterocycles. The summed E-state index contributed by atoms with van der Waals surface area (Å²) >= 11 is 1.80.